The maximum Gasteiger partial charge on any atom is 0.339 e. The van der Waals surface area contributed by atoms with Gasteiger partial charge in [0, 0.05) is 10.5 Å². The number of nitrogens with two attached hydrogens (primary N) is 1. The summed E-state index contributed by atoms with van der Waals surface area (Å²) >= 11 is 3.35. The molecule has 108 valence electrons. The second-order valence-corrected chi connectivity index (χ2v) is 5.08. The lowest BCUT2D eigenvalue weighted by atomic mass is 10.2. The van der Waals surface area contributed by atoms with E-state index in [2.05, 4.69) is 21.2 Å². The van der Waals surface area contributed by atoms with E-state index in [0.29, 0.717) is 0 Å². The summed E-state index contributed by atoms with van der Waals surface area (Å²) in [5.74, 6) is -0.501. The minimum atomic E-state index is -1.07. The van der Waals surface area contributed by atoms with E-state index < -0.39 is 18.5 Å². The second-order valence-electron chi connectivity index (χ2n) is 4.16. The van der Waals surface area contributed by atoms with Crippen LogP contribution in [0.1, 0.15) is 12.5 Å². The van der Waals surface area contributed by atoms with Gasteiger partial charge in [0.1, 0.15) is 6.54 Å². The zero-order valence-corrected chi connectivity index (χ0v) is 12.5. The number of carbonyl (C=O) groups excluding carboxylic acids is 2. The standard InChI is InChI=1S/C13H16BrN3O3/c1-9(16-12(18)8-17(20)13(15)19)2-3-10-4-6-11(14)7-5-10/h2-7,9,20H,8H2,1H3,(H2,15,19)(H,16,18)/b3-2-. The van der Waals surface area contributed by atoms with Crippen molar-refractivity contribution in [2.45, 2.75) is 13.0 Å². The monoisotopic (exact) mass is 341 g/mol. The van der Waals surface area contributed by atoms with Crippen molar-refractivity contribution in [2.24, 2.45) is 5.73 Å². The number of nitrogens with zero attached hydrogens (tertiary/aromatic N) is 1. The molecule has 0 aliphatic rings. The molecule has 0 aliphatic heterocycles. The third-order valence-corrected chi connectivity index (χ3v) is 2.91. The molecule has 1 aromatic carbocycles. The Hall–Kier alpha value is -1.86. The van der Waals surface area contributed by atoms with Gasteiger partial charge in [0.2, 0.25) is 5.91 Å². The summed E-state index contributed by atoms with van der Waals surface area (Å²) in [5.41, 5.74) is 5.80. The molecule has 0 radical (unpaired) electrons. The number of nitrogens with one attached hydrogen (secondary N) is 1. The van der Waals surface area contributed by atoms with E-state index in [1.165, 1.54) is 0 Å². The van der Waals surface area contributed by atoms with Gasteiger partial charge >= 0.3 is 6.03 Å². The maximum absolute atomic E-state index is 11.5. The minimum absolute atomic E-state index is 0.153. The lowest BCUT2D eigenvalue weighted by Crippen LogP contribution is -2.43. The number of urea groups is 1. The molecule has 0 saturated heterocycles. The van der Waals surface area contributed by atoms with Gasteiger partial charge in [-0.3, -0.25) is 10.0 Å². The van der Waals surface area contributed by atoms with Crippen LogP contribution in [-0.4, -0.2) is 34.8 Å². The molecular weight excluding hydrogens is 326 g/mol. The van der Waals surface area contributed by atoms with Crippen LogP contribution in [0.15, 0.2) is 34.8 Å². The van der Waals surface area contributed by atoms with E-state index in [9.17, 15) is 9.59 Å². The predicted molar refractivity (Wildman–Crippen MR) is 78.9 cm³/mol. The van der Waals surface area contributed by atoms with Crippen molar-refractivity contribution in [2.75, 3.05) is 6.54 Å². The quantitative estimate of drug-likeness (QED) is 0.562. The number of primary amides is 1. The Kier molecular flexibility index (Phi) is 6.20. The summed E-state index contributed by atoms with van der Waals surface area (Å²) in [6.07, 6.45) is 3.66. The molecular formula is C13H16BrN3O3. The number of hydroxylamine groups is 2. The maximum atomic E-state index is 11.5. The second kappa shape index (κ2) is 7.66. The Morgan fingerprint density at radius 2 is 2.05 bits per heavy atom. The van der Waals surface area contributed by atoms with E-state index in [0.717, 1.165) is 10.0 Å². The first-order valence-electron chi connectivity index (χ1n) is 5.87. The molecule has 1 rings (SSSR count). The molecule has 1 aromatic rings. The van der Waals surface area contributed by atoms with Crippen molar-refractivity contribution in [1.29, 1.82) is 0 Å². The molecule has 20 heavy (non-hydrogen) atoms. The third kappa shape index (κ3) is 5.85. The molecule has 4 N–H and O–H groups in total. The summed E-state index contributed by atoms with van der Waals surface area (Å²) < 4.78 is 0.991. The summed E-state index contributed by atoms with van der Waals surface area (Å²) in [5, 5.41) is 11.8. The van der Waals surface area contributed by atoms with Gasteiger partial charge in [-0.1, -0.05) is 40.2 Å². The molecule has 0 fully saturated rings. The highest BCUT2D eigenvalue weighted by molar-refractivity contribution is 9.10. The van der Waals surface area contributed by atoms with Crippen LogP contribution in [0.4, 0.5) is 4.79 Å². The van der Waals surface area contributed by atoms with E-state index in [1.807, 2.05) is 30.3 Å². The van der Waals surface area contributed by atoms with Crippen molar-refractivity contribution in [1.82, 2.24) is 10.4 Å². The van der Waals surface area contributed by atoms with Gasteiger partial charge in [-0.15, -0.1) is 0 Å². The molecule has 7 heteroatoms. The Balaban J connectivity index is 2.46. The van der Waals surface area contributed by atoms with Crippen LogP contribution in [0.3, 0.4) is 0 Å². The number of amides is 3. The molecule has 0 saturated carbocycles. The topological polar surface area (TPSA) is 95.7 Å². The first-order chi connectivity index (χ1) is 9.38. The third-order valence-electron chi connectivity index (χ3n) is 2.38. The highest BCUT2D eigenvalue weighted by Crippen LogP contribution is 2.11. The highest BCUT2D eigenvalue weighted by atomic mass is 79.9. The molecule has 0 aliphatic carbocycles. The molecule has 1 unspecified atom stereocenters. The van der Waals surface area contributed by atoms with Gasteiger partial charge in [-0.05, 0) is 24.6 Å². The number of carbonyl (C=O) groups is 2. The smallest absolute Gasteiger partial charge is 0.339 e. The van der Waals surface area contributed by atoms with Crippen molar-refractivity contribution in [3.63, 3.8) is 0 Å². The van der Waals surface area contributed by atoms with Crippen molar-refractivity contribution in [3.05, 3.63) is 40.4 Å². The Morgan fingerprint density at radius 3 is 2.60 bits per heavy atom. The number of hydrogen-bond acceptors (Lipinski definition) is 3. The first kappa shape index (κ1) is 16.2. The number of hydrogen-bond donors (Lipinski definition) is 3. The number of benzene rings is 1. The zero-order chi connectivity index (χ0) is 15.1. The van der Waals surface area contributed by atoms with Gasteiger partial charge in [-0.2, -0.15) is 5.06 Å². The lowest BCUT2D eigenvalue weighted by molar-refractivity contribution is -0.129. The summed E-state index contributed by atoms with van der Waals surface area (Å²) in [4.78, 5) is 22.0. The number of halogens is 1. The Labute approximate surface area is 125 Å². The summed E-state index contributed by atoms with van der Waals surface area (Å²) in [6, 6.07) is 6.37. The highest BCUT2D eigenvalue weighted by Gasteiger charge is 2.12. The first-order valence-corrected chi connectivity index (χ1v) is 6.67. The van der Waals surface area contributed by atoms with E-state index in [1.54, 1.807) is 13.0 Å². The Bertz CT molecular complexity index is 502. The Morgan fingerprint density at radius 1 is 1.45 bits per heavy atom. The number of rotatable bonds is 5. The molecule has 0 aromatic heterocycles. The molecule has 1 atom stereocenters. The average molecular weight is 342 g/mol. The lowest BCUT2D eigenvalue weighted by Gasteiger charge is -2.14. The molecule has 0 bridgehead atoms. The van der Waals surface area contributed by atoms with Crippen LogP contribution in [-0.2, 0) is 4.79 Å². The van der Waals surface area contributed by atoms with Gasteiger partial charge < -0.3 is 11.1 Å². The van der Waals surface area contributed by atoms with Crippen LogP contribution >= 0.6 is 15.9 Å². The van der Waals surface area contributed by atoms with Gasteiger partial charge in [0.05, 0.1) is 0 Å². The predicted octanol–water partition coefficient (Wildman–Crippen LogP) is 1.74. The van der Waals surface area contributed by atoms with Crippen LogP contribution in [0, 0.1) is 0 Å². The van der Waals surface area contributed by atoms with Crippen molar-refractivity contribution in [3.8, 4) is 0 Å². The normalized spacial score (nSPS) is 12.2. The van der Waals surface area contributed by atoms with Crippen LogP contribution in [0.5, 0.6) is 0 Å². The van der Waals surface area contributed by atoms with Gasteiger partial charge in [-0.25, -0.2) is 4.79 Å². The van der Waals surface area contributed by atoms with E-state index >= 15 is 0 Å². The van der Waals surface area contributed by atoms with E-state index in [4.69, 9.17) is 10.9 Å². The van der Waals surface area contributed by atoms with Crippen LogP contribution < -0.4 is 11.1 Å². The summed E-state index contributed by atoms with van der Waals surface area (Å²) in [7, 11) is 0. The molecule has 3 amide bonds. The summed E-state index contributed by atoms with van der Waals surface area (Å²) in [6.45, 7) is 1.28. The fraction of sp³-hybridized carbons (Fsp3) is 0.231. The van der Waals surface area contributed by atoms with E-state index in [-0.39, 0.29) is 11.1 Å². The average Bonchev–Trinajstić information content (AvgIpc) is 2.37. The zero-order valence-electron chi connectivity index (χ0n) is 10.9. The SMILES string of the molecule is CC(/C=C\c1ccc(Br)cc1)NC(=O)CN(O)C(N)=O. The molecule has 6 nitrogen and oxygen atoms in total. The molecule has 0 heterocycles. The van der Waals surface area contributed by atoms with Crippen molar-refractivity contribution < 1.29 is 14.8 Å². The van der Waals surface area contributed by atoms with Crippen molar-refractivity contribution >= 4 is 33.9 Å². The minimum Gasteiger partial charge on any atom is -0.350 e. The van der Waals surface area contributed by atoms with Gasteiger partial charge in [0.15, 0.2) is 0 Å². The van der Waals surface area contributed by atoms with Crippen LogP contribution in [0.25, 0.3) is 6.08 Å². The van der Waals surface area contributed by atoms with Gasteiger partial charge in [0.25, 0.3) is 0 Å². The molecule has 0 spiro atoms. The largest absolute Gasteiger partial charge is 0.350 e. The fourth-order valence-electron chi connectivity index (χ4n) is 1.39. The fourth-order valence-corrected chi connectivity index (χ4v) is 1.66. The van der Waals surface area contributed by atoms with Crippen LogP contribution in [0.2, 0.25) is 0 Å².